The Hall–Kier alpha value is -2.84. The Morgan fingerprint density at radius 2 is 1.79 bits per heavy atom. The highest BCUT2D eigenvalue weighted by molar-refractivity contribution is 7.13. The molecule has 0 atom stereocenters. The van der Waals surface area contributed by atoms with Gasteiger partial charge in [0.1, 0.15) is 10.8 Å². The molecule has 28 heavy (non-hydrogen) atoms. The van der Waals surface area contributed by atoms with Gasteiger partial charge in [-0.2, -0.15) is 0 Å². The number of aryl methyl sites for hydroxylation is 2. The summed E-state index contributed by atoms with van der Waals surface area (Å²) in [4.78, 5) is 24.2. The first kappa shape index (κ1) is 19.9. The van der Waals surface area contributed by atoms with Gasteiger partial charge >= 0.3 is 0 Å². The molecular weight excluding hydrogens is 403 g/mol. The van der Waals surface area contributed by atoms with E-state index in [1.807, 2.05) is 13.0 Å². The minimum Gasteiger partial charge on any atom is -0.326 e. The van der Waals surface area contributed by atoms with Crippen LogP contribution in [0.25, 0.3) is 0 Å². The predicted octanol–water partition coefficient (Wildman–Crippen LogP) is 4.46. The van der Waals surface area contributed by atoms with E-state index in [2.05, 4.69) is 20.8 Å². The standard InChI is InChI=1S/C19H16ClFN4O2S/c1-11-2-5-14(10-15(11)20)22-16(26)8-9-17-24-25-19(28-17)18(27)23-13-6-3-12(21)4-7-13/h2-7,10H,8-9H2,1H3,(H,22,26)(H,23,27). The first-order chi connectivity index (χ1) is 13.4. The van der Waals surface area contributed by atoms with Gasteiger partial charge in [0.05, 0.1) is 0 Å². The van der Waals surface area contributed by atoms with Gasteiger partial charge in [0.25, 0.3) is 5.91 Å². The average molecular weight is 419 g/mol. The first-order valence-corrected chi connectivity index (χ1v) is 9.55. The number of halogens is 2. The fourth-order valence-corrected chi connectivity index (χ4v) is 3.19. The molecule has 6 nitrogen and oxygen atoms in total. The summed E-state index contributed by atoms with van der Waals surface area (Å²) in [5, 5.41) is 14.5. The van der Waals surface area contributed by atoms with Crippen molar-refractivity contribution in [2.75, 3.05) is 10.6 Å². The van der Waals surface area contributed by atoms with Crippen LogP contribution >= 0.6 is 22.9 Å². The van der Waals surface area contributed by atoms with Gasteiger partial charge in [-0.3, -0.25) is 9.59 Å². The second-order valence-corrected chi connectivity index (χ2v) is 7.44. The zero-order valence-electron chi connectivity index (χ0n) is 14.8. The summed E-state index contributed by atoms with van der Waals surface area (Å²) >= 11 is 7.15. The third kappa shape index (κ3) is 5.34. The number of carbonyl (C=O) groups excluding carboxylic acids is 2. The van der Waals surface area contributed by atoms with E-state index in [-0.39, 0.29) is 23.2 Å². The lowest BCUT2D eigenvalue weighted by Gasteiger charge is -2.06. The number of benzene rings is 2. The molecule has 0 fully saturated rings. The molecule has 0 spiro atoms. The van der Waals surface area contributed by atoms with Gasteiger partial charge in [0, 0.05) is 29.2 Å². The van der Waals surface area contributed by atoms with Crippen LogP contribution in [0, 0.1) is 12.7 Å². The van der Waals surface area contributed by atoms with E-state index in [0.29, 0.717) is 27.8 Å². The van der Waals surface area contributed by atoms with E-state index in [0.717, 1.165) is 16.9 Å². The third-order valence-electron chi connectivity index (χ3n) is 3.78. The van der Waals surface area contributed by atoms with Gasteiger partial charge in [0.15, 0.2) is 0 Å². The molecule has 3 rings (SSSR count). The lowest BCUT2D eigenvalue weighted by Crippen LogP contribution is -2.12. The lowest BCUT2D eigenvalue weighted by molar-refractivity contribution is -0.116. The molecule has 3 aromatic rings. The number of nitrogens with one attached hydrogen (secondary N) is 2. The van der Waals surface area contributed by atoms with Gasteiger partial charge < -0.3 is 10.6 Å². The number of amides is 2. The Morgan fingerprint density at radius 1 is 1.07 bits per heavy atom. The zero-order valence-corrected chi connectivity index (χ0v) is 16.4. The average Bonchev–Trinajstić information content (AvgIpc) is 3.14. The van der Waals surface area contributed by atoms with Crippen molar-refractivity contribution in [2.45, 2.75) is 19.8 Å². The van der Waals surface area contributed by atoms with Crippen LogP contribution in [-0.4, -0.2) is 22.0 Å². The number of anilines is 2. The molecular formula is C19H16ClFN4O2S. The highest BCUT2D eigenvalue weighted by atomic mass is 35.5. The molecule has 9 heteroatoms. The minimum atomic E-state index is -0.436. The molecule has 2 aromatic carbocycles. The van der Waals surface area contributed by atoms with E-state index in [4.69, 9.17) is 11.6 Å². The monoisotopic (exact) mass is 418 g/mol. The quantitative estimate of drug-likeness (QED) is 0.618. The normalized spacial score (nSPS) is 10.5. The number of nitrogens with zero attached hydrogens (tertiary/aromatic N) is 2. The van der Waals surface area contributed by atoms with E-state index in [1.165, 1.54) is 24.3 Å². The van der Waals surface area contributed by atoms with Crippen LogP contribution in [0.3, 0.4) is 0 Å². The summed E-state index contributed by atoms with van der Waals surface area (Å²) in [6, 6.07) is 10.7. The van der Waals surface area contributed by atoms with Crippen LogP contribution in [0.4, 0.5) is 15.8 Å². The van der Waals surface area contributed by atoms with Crippen LogP contribution in [0.15, 0.2) is 42.5 Å². The molecule has 1 aromatic heterocycles. The van der Waals surface area contributed by atoms with Gasteiger partial charge in [-0.15, -0.1) is 10.2 Å². The highest BCUT2D eigenvalue weighted by Gasteiger charge is 2.14. The number of aromatic nitrogens is 2. The Morgan fingerprint density at radius 3 is 2.50 bits per heavy atom. The Kier molecular flexibility index (Phi) is 6.33. The van der Waals surface area contributed by atoms with E-state index >= 15 is 0 Å². The SMILES string of the molecule is Cc1ccc(NC(=O)CCc2nnc(C(=O)Nc3ccc(F)cc3)s2)cc1Cl. The summed E-state index contributed by atoms with van der Waals surface area (Å²) in [7, 11) is 0. The lowest BCUT2D eigenvalue weighted by atomic mass is 10.2. The van der Waals surface area contributed by atoms with E-state index in [1.54, 1.807) is 12.1 Å². The van der Waals surface area contributed by atoms with Crippen LogP contribution in [0.1, 0.15) is 26.8 Å². The van der Waals surface area contributed by atoms with Crippen molar-refractivity contribution in [3.8, 4) is 0 Å². The highest BCUT2D eigenvalue weighted by Crippen LogP contribution is 2.20. The topological polar surface area (TPSA) is 84.0 Å². The summed E-state index contributed by atoms with van der Waals surface area (Å²) < 4.78 is 12.9. The number of rotatable bonds is 6. The molecule has 0 saturated heterocycles. The summed E-state index contributed by atoms with van der Waals surface area (Å²) in [6.45, 7) is 1.88. The van der Waals surface area contributed by atoms with Crippen LogP contribution < -0.4 is 10.6 Å². The van der Waals surface area contributed by atoms with Crippen molar-refractivity contribution in [3.05, 3.63) is 68.9 Å². The molecule has 0 radical (unpaired) electrons. The van der Waals surface area contributed by atoms with Crippen molar-refractivity contribution in [2.24, 2.45) is 0 Å². The molecule has 2 N–H and O–H groups in total. The molecule has 2 amide bonds. The largest absolute Gasteiger partial charge is 0.326 e. The third-order valence-corrected chi connectivity index (χ3v) is 5.17. The molecule has 0 aliphatic rings. The first-order valence-electron chi connectivity index (χ1n) is 8.36. The van der Waals surface area contributed by atoms with Crippen molar-refractivity contribution in [1.29, 1.82) is 0 Å². The maximum atomic E-state index is 12.9. The van der Waals surface area contributed by atoms with Crippen molar-refractivity contribution >= 4 is 46.1 Å². The van der Waals surface area contributed by atoms with Gasteiger partial charge in [0.2, 0.25) is 10.9 Å². The molecule has 0 bridgehead atoms. The molecule has 1 heterocycles. The number of hydrogen-bond donors (Lipinski definition) is 2. The maximum absolute atomic E-state index is 12.9. The summed E-state index contributed by atoms with van der Waals surface area (Å²) in [5.74, 6) is -1.01. The maximum Gasteiger partial charge on any atom is 0.286 e. The second kappa shape index (κ2) is 8.90. The molecule has 0 saturated carbocycles. The molecule has 0 aliphatic heterocycles. The Bertz CT molecular complexity index is 1010. The molecule has 0 aliphatic carbocycles. The van der Waals surface area contributed by atoms with Crippen molar-refractivity contribution in [3.63, 3.8) is 0 Å². The Balaban J connectivity index is 1.52. The van der Waals surface area contributed by atoms with Crippen LogP contribution in [0.5, 0.6) is 0 Å². The van der Waals surface area contributed by atoms with Gasteiger partial charge in [-0.05, 0) is 48.9 Å². The number of carbonyl (C=O) groups is 2. The second-order valence-electron chi connectivity index (χ2n) is 5.97. The zero-order chi connectivity index (χ0) is 20.1. The van der Waals surface area contributed by atoms with Gasteiger partial charge in [-0.25, -0.2) is 4.39 Å². The predicted molar refractivity (Wildman–Crippen MR) is 107 cm³/mol. The minimum absolute atomic E-state index is 0.171. The molecule has 0 unspecified atom stereocenters. The Labute approximate surface area is 169 Å². The summed E-state index contributed by atoms with van der Waals surface area (Å²) in [6.07, 6.45) is 0.548. The molecule has 144 valence electrons. The number of hydrogen-bond acceptors (Lipinski definition) is 5. The van der Waals surface area contributed by atoms with Crippen molar-refractivity contribution in [1.82, 2.24) is 10.2 Å². The van der Waals surface area contributed by atoms with Crippen LogP contribution in [0.2, 0.25) is 5.02 Å². The summed E-state index contributed by atoms with van der Waals surface area (Å²) in [5.41, 5.74) is 2.01. The fraction of sp³-hybridized carbons (Fsp3) is 0.158. The van der Waals surface area contributed by atoms with E-state index in [9.17, 15) is 14.0 Å². The van der Waals surface area contributed by atoms with Gasteiger partial charge in [-0.1, -0.05) is 29.0 Å². The van der Waals surface area contributed by atoms with Crippen LogP contribution in [-0.2, 0) is 11.2 Å². The fourth-order valence-electron chi connectivity index (χ4n) is 2.28. The van der Waals surface area contributed by atoms with E-state index < -0.39 is 5.91 Å². The smallest absolute Gasteiger partial charge is 0.286 e. The van der Waals surface area contributed by atoms with Crippen molar-refractivity contribution < 1.29 is 14.0 Å².